The molecule has 5 nitrogen and oxygen atoms in total. The van der Waals surface area contributed by atoms with Crippen molar-refractivity contribution in [2.24, 2.45) is 0 Å². The highest BCUT2D eigenvalue weighted by atomic mass is 35.5. The maximum Gasteiger partial charge on any atom is 0.295 e. The summed E-state index contributed by atoms with van der Waals surface area (Å²) in [5.41, 5.74) is 1.48. The van der Waals surface area contributed by atoms with Gasteiger partial charge in [-0.3, -0.25) is 14.5 Å². The van der Waals surface area contributed by atoms with Crippen molar-refractivity contribution in [2.75, 3.05) is 19.1 Å². The molecule has 0 saturated carbocycles. The number of benzene rings is 2. The lowest BCUT2D eigenvalue weighted by atomic mass is 10.2. The fourth-order valence-corrected chi connectivity index (χ4v) is 3.40. The van der Waals surface area contributed by atoms with Crippen molar-refractivity contribution >= 4 is 57.9 Å². The molecule has 1 N–H and O–H groups in total. The number of halogens is 2. The Morgan fingerprint density at radius 3 is 2.50 bits per heavy atom. The maximum absolute atomic E-state index is 12.5. The van der Waals surface area contributed by atoms with Crippen molar-refractivity contribution in [1.82, 2.24) is 4.90 Å². The Labute approximate surface area is 164 Å². The van der Waals surface area contributed by atoms with Gasteiger partial charge in [0.25, 0.3) is 11.1 Å². The Kier molecular flexibility index (Phi) is 5.76. The minimum Gasteiger partial charge on any atom is -0.497 e. The van der Waals surface area contributed by atoms with E-state index >= 15 is 0 Å². The van der Waals surface area contributed by atoms with Crippen molar-refractivity contribution in [3.8, 4) is 5.75 Å². The van der Waals surface area contributed by atoms with Gasteiger partial charge in [0.05, 0.1) is 28.7 Å². The average molecular weight is 409 g/mol. The quantitative estimate of drug-likeness (QED) is 0.696. The molecule has 2 aromatic carbocycles. The minimum absolute atomic E-state index is 0.0442. The first kappa shape index (κ1) is 18.6. The molecule has 1 fully saturated rings. The van der Waals surface area contributed by atoms with Gasteiger partial charge in [-0.2, -0.15) is 0 Å². The summed E-state index contributed by atoms with van der Waals surface area (Å²) in [7, 11) is 1.58. The predicted octanol–water partition coefficient (Wildman–Crippen LogP) is 5.11. The lowest BCUT2D eigenvalue weighted by Gasteiger charge is -2.14. The van der Waals surface area contributed by atoms with E-state index in [4.69, 9.17) is 27.9 Å². The molecular formula is C18H14Cl2N2O3S. The first-order chi connectivity index (χ1) is 12.5. The normalized spacial score (nSPS) is 15.7. The minimum atomic E-state index is -0.344. The van der Waals surface area contributed by atoms with Crippen molar-refractivity contribution < 1.29 is 14.3 Å². The van der Waals surface area contributed by atoms with Crippen LogP contribution < -0.4 is 10.1 Å². The number of methoxy groups -OCH3 is 1. The number of rotatable bonds is 5. The topological polar surface area (TPSA) is 58.6 Å². The molecule has 2 amide bonds. The summed E-state index contributed by atoms with van der Waals surface area (Å²) in [6, 6.07) is 12.2. The van der Waals surface area contributed by atoms with Crippen LogP contribution in [0.25, 0.3) is 6.08 Å². The van der Waals surface area contributed by atoms with Crippen LogP contribution in [-0.2, 0) is 4.79 Å². The standard InChI is InChI=1S/C18H14Cl2N2O3S/c1-25-13-5-2-11(3-6-13)8-16-17(23)22(18(24)26-16)10-21-12-4-7-14(19)15(20)9-12/h2-9,21H,10H2,1H3/b16-8+. The SMILES string of the molecule is COc1ccc(/C=C2/SC(=O)N(CNc3ccc(Cl)c(Cl)c3)C2=O)cc1. The largest absolute Gasteiger partial charge is 0.497 e. The van der Waals surface area contributed by atoms with E-state index < -0.39 is 0 Å². The monoisotopic (exact) mass is 408 g/mol. The van der Waals surface area contributed by atoms with Crippen LogP contribution in [0, 0.1) is 0 Å². The van der Waals surface area contributed by atoms with Crippen LogP contribution >= 0.6 is 35.0 Å². The molecule has 1 aliphatic heterocycles. The summed E-state index contributed by atoms with van der Waals surface area (Å²) >= 11 is 12.7. The molecule has 26 heavy (non-hydrogen) atoms. The Morgan fingerprint density at radius 2 is 1.85 bits per heavy atom. The summed E-state index contributed by atoms with van der Waals surface area (Å²) in [5, 5.41) is 3.50. The van der Waals surface area contributed by atoms with E-state index in [9.17, 15) is 9.59 Å². The summed E-state index contributed by atoms with van der Waals surface area (Å²) in [5.74, 6) is 0.379. The van der Waals surface area contributed by atoms with E-state index in [1.807, 2.05) is 12.1 Å². The molecule has 2 aromatic rings. The van der Waals surface area contributed by atoms with Gasteiger partial charge in [0.1, 0.15) is 5.75 Å². The number of thioether (sulfide) groups is 1. The van der Waals surface area contributed by atoms with Gasteiger partial charge in [-0.1, -0.05) is 35.3 Å². The van der Waals surface area contributed by atoms with E-state index in [0.717, 1.165) is 28.0 Å². The molecule has 1 saturated heterocycles. The number of anilines is 1. The van der Waals surface area contributed by atoms with E-state index in [1.165, 1.54) is 0 Å². The van der Waals surface area contributed by atoms with Crippen LogP contribution in [-0.4, -0.2) is 29.8 Å². The molecule has 1 heterocycles. The molecule has 0 radical (unpaired) electrons. The molecule has 0 aliphatic carbocycles. The van der Waals surface area contributed by atoms with Crippen LogP contribution in [0.4, 0.5) is 10.5 Å². The highest BCUT2D eigenvalue weighted by Crippen LogP contribution is 2.32. The fourth-order valence-electron chi connectivity index (χ4n) is 2.26. The van der Waals surface area contributed by atoms with Gasteiger partial charge in [-0.05, 0) is 53.7 Å². The van der Waals surface area contributed by atoms with Crippen LogP contribution in [0.1, 0.15) is 5.56 Å². The zero-order valence-electron chi connectivity index (χ0n) is 13.7. The van der Waals surface area contributed by atoms with Gasteiger partial charge < -0.3 is 10.1 Å². The lowest BCUT2D eigenvalue weighted by Crippen LogP contribution is -2.33. The van der Waals surface area contributed by atoms with Crippen LogP contribution in [0.5, 0.6) is 5.75 Å². The fraction of sp³-hybridized carbons (Fsp3) is 0.111. The van der Waals surface area contributed by atoms with Crippen molar-refractivity contribution in [3.05, 3.63) is 63.0 Å². The molecule has 0 unspecified atom stereocenters. The Balaban J connectivity index is 1.69. The molecule has 134 valence electrons. The third kappa shape index (κ3) is 4.15. The number of hydrogen-bond donors (Lipinski definition) is 1. The number of hydrogen-bond acceptors (Lipinski definition) is 5. The zero-order valence-corrected chi connectivity index (χ0v) is 16.0. The van der Waals surface area contributed by atoms with Gasteiger partial charge in [-0.15, -0.1) is 0 Å². The zero-order chi connectivity index (χ0) is 18.7. The summed E-state index contributed by atoms with van der Waals surface area (Å²) in [6.45, 7) is 0.0442. The number of imide groups is 1. The summed E-state index contributed by atoms with van der Waals surface area (Å²) < 4.78 is 5.10. The van der Waals surface area contributed by atoms with Crippen molar-refractivity contribution in [3.63, 3.8) is 0 Å². The van der Waals surface area contributed by atoms with Gasteiger partial charge in [0.2, 0.25) is 0 Å². The number of nitrogens with one attached hydrogen (secondary N) is 1. The van der Waals surface area contributed by atoms with Gasteiger partial charge in [0.15, 0.2) is 0 Å². The summed E-state index contributed by atoms with van der Waals surface area (Å²) in [4.78, 5) is 26.2. The number of carbonyl (C=O) groups excluding carboxylic acids is 2. The second-order valence-electron chi connectivity index (χ2n) is 5.35. The van der Waals surface area contributed by atoms with Gasteiger partial charge in [-0.25, -0.2) is 0 Å². The van der Waals surface area contributed by atoms with E-state index in [1.54, 1.807) is 43.5 Å². The second kappa shape index (κ2) is 8.03. The molecular weight excluding hydrogens is 395 g/mol. The third-order valence-electron chi connectivity index (χ3n) is 3.65. The predicted molar refractivity (Wildman–Crippen MR) is 106 cm³/mol. The molecule has 0 aromatic heterocycles. The Hall–Kier alpha value is -2.15. The van der Waals surface area contributed by atoms with E-state index in [0.29, 0.717) is 20.6 Å². The average Bonchev–Trinajstić information content (AvgIpc) is 2.90. The number of nitrogens with zero attached hydrogens (tertiary/aromatic N) is 1. The third-order valence-corrected chi connectivity index (χ3v) is 5.29. The van der Waals surface area contributed by atoms with Gasteiger partial charge in [0, 0.05) is 5.69 Å². The molecule has 1 aliphatic rings. The number of amides is 2. The lowest BCUT2D eigenvalue weighted by molar-refractivity contribution is -0.122. The molecule has 8 heteroatoms. The molecule has 0 atom stereocenters. The van der Waals surface area contributed by atoms with E-state index in [-0.39, 0.29) is 17.8 Å². The van der Waals surface area contributed by atoms with Crippen molar-refractivity contribution in [2.45, 2.75) is 0 Å². The first-order valence-corrected chi connectivity index (χ1v) is 9.13. The smallest absolute Gasteiger partial charge is 0.295 e. The Morgan fingerprint density at radius 1 is 1.12 bits per heavy atom. The number of carbonyl (C=O) groups is 2. The Bertz CT molecular complexity index is 885. The maximum atomic E-state index is 12.5. The van der Waals surface area contributed by atoms with Crippen LogP contribution in [0.3, 0.4) is 0 Å². The highest BCUT2D eigenvalue weighted by molar-refractivity contribution is 8.18. The van der Waals surface area contributed by atoms with Crippen LogP contribution in [0.2, 0.25) is 10.0 Å². The molecule has 0 spiro atoms. The highest BCUT2D eigenvalue weighted by Gasteiger charge is 2.34. The second-order valence-corrected chi connectivity index (χ2v) is 7.15. The molecule has 3 rings (SSSR count). The molecule has 0 bridgehead atoms. The first-order valence-electron chi connectivity index (χ1n) is 7.56. The van der Waals surface area contributed by atoms with Crippen LogP contribution in [0.15, 0.2) is 47.4 Å². The van der Waals surface area contributed by atoms with E-state index in [2.05, 4.69) is 5.32 Å². The number of ether oxygens (including phenoxy) is 1. The summed E-state index contributed by atoms with van der Waals surface area (Å²) in [6.07, 6.45) is 1.68. The van der Waals surface area contributed by atoms with Gasteiger partial charge >= 0.3 is 0 Å². The van der Waals surface area contributed by atoms with Crippen molar-refractivity contribution in [1.29, 1.82) is 0 Å².